The summed E-state index contributed by atoms with van der Waals surface area (Å²) in [7, 11) is 0. The van der Waals surface area contributed by atoms with Crippen LogP contribution in [0.3, 0.4) is 0 Å². The maximum Gasteiger partial charge on any atom is 0.347 e. The van der Waals surface area contributed by atoms with Gasteiger partial charge in [-0.25, -0.2) is 4.79 Å². The van der Waals surface area contributed by atoms with E-state index in [-0.39, 0.29) is 19.4 Å². The van der Waals surface area contributed by atoms with Crippen LogP contribution in [0, 0.1) is 5.21 Å². The normalized spacial score (nSPS) is 21.2. The Morgan fingerprint density at radius 1 is 1.11 bits per heavy atom. The van der Waals surface area contributed by atoms with E-state index >= 15 is 0 Å². The number of piperidine rings is 1. The van der Waals surface area contributed by atoms with Gasteiger partial charge in [-0.3, -0.25) is 24.2 Å². The van der Waals surface area contributed by atoms with Crippen molar-refractivity contribution in [3.63, 3.8) is 0 Å². The van der Waals surface area contributed by atoms with Gasteiger partial charge in [-0.2, -0.15) is 5.10 Å². The van der Waals surface area contributed by atoms with Crippen molar-refractivity contribution in [2.45, 2.75) is 32.0 Å². The van der Waals surface area contributed by atoms with Gasteiger partial charge in [0.25, 0.3) is 5.91 Å². The van der Waals surface area contributed by atoms with E-state index in [0.717, 1.165) is 0 Å². The molecule has 13 heteroatoms. The van der Waals surface area contributed by atoms with Gasteiger partial charge in [-0.1, -0.05) is 6.07 Å². The summed E-state index contributed by atoms with van der Waals surface area (Å²) in [5.74, 6) is -1.77. The molecule has 13 nitrogen and oxygen atoms in total. The second-order valence-corrected chi connectivity index (χ2v) is 8.86. The largest absolute Gasteiger partial charge is 0.624 e. The third kappa shape index (κ3) is 6.50. The van der Waals surface area contributed by atoms with Crippen LogP contribution in [-0.2, 0) is 36.9 Å². The number of imide groups is 1. The number of hydrogen-bond acceptors (Lipinski definition) is 10. The predicted octanol–water partition coefficient (Wildman–Crippen LogP) is 0.401. The minimum Gasteiger partial charge on any atom is -0.624 e. The molecule has 2 atom stereocenters. The van der Waals surface area contributed by atoms with E-state index in [2.05, 4.69) is 15.7 Å². The third-order valence-corrected chi connectivity index (χ3v) is 6.28. The predicted molar refractivity (Wildman–Crippen MR) is 132 cm³/mol. The summed E-state index contributed by atoms with van der Waals surface area (Å²) in [5, 5.41) is 22.9. The lowest BCUT2D eigenvalue weighted by molar-refractivity contribution is -0.825. The summed E-state index contributed by atoms with van der Waals surface area (Å²) in [5.41, 5.74) is 7.75. The molecule has 0 saturated carbocycles. The minimum atomic E-state index is -1.30. The molecule has 0 radical (unpaired) electrons. The molecular formula is C24H32N6O7. The molecule has 1 aromatic carbocycles. The Morgan fingerprint density at radius 3 is 2.54 bits per heavy atom. The Kier molecular flexibility index (Phi) is 8.84. The van der Waals surface area contributed by atoms with Gasteiger partial charge in [0, 0.05) is 36.8 Å². The summed E-state index contributed by atoms with van der Waals surface area (Å²) in [6, 6.07) is 3.95. The SMILES string of the molecule is Nc1cnn(CCOCCOCCOCCNc2cccc3c2C[N+]([O-])(C2CCC(=O)NC2=O)C3=O)c1. The number of carbonyl (C=O) groups is 3. The summed E-state index contributed by atoms with van der Waals surface area (Å²) in [4.78, 5) is 36.6. The van der Waals surface area contributed by atoms with Crippen LogP contribution in [0.5, 0.6) is 0 Å². The molecule has 4 rings (SSSR count). The van der Waals surface area contributed by atoms with E-state index in [1.165, 1.54) is 0 Å². The molecule has 3 heterocycles. The average Bonchev–Trinajstić information content (AvgIpc) is 3.40. The smallest absolute Gasteiger partial charge is 0.347 e. The number of hydrogen-bond donors (Lipinski definition) is 3. The third-order valence-electron chi connectivity index (χ3n) is 6.28. The minimum absolute atomic E-state index is 0.0451. The zero-order valence-corrected chi connectivity index (χ0v) is 20.5. The number of anilines is 2. The zero-order chi connectivity index (χ0) is 26.3. The van der Waals surface area contributed by atoms with E-state index in [9.17, 15) is 19.6 Å². The fourth-order valence-electron chi connectivity index (χ4n) is 4.43. The number of aromatic nitrogens is 2. The number of rotatable bonds is 14. The van der Waals surface area contributed by atoms with Crippen molar-refractivity contribution in [3.05, 3.63) is 46.9 Å². The number of nitrogens with one attached hydrogen (secondary N) is 2. The quantitative estimate of drug-likeness (QED) is 0.138. The molecular weight excluding hydrogens is 484 g/mol. The number of nitrogens with zero attached hydrogens (tertiary/aromatic N) is 3. The Morgan fingerprint density at radius 2 is 1.84 bits per heavy atom. The van der Waals surface area contributed by atoms with Crippen LogP contribution in [0.2, 0.25) is 0 Å². The van der Waals surface area contributed by atoms with Gasteiger partial charge < -0.3 is 30.5 Å². The van der Waals surface area contributed by atoms with Gasteiger partial charge >= 0.3 is 5.91 Å². The fourth-order valence-corrected chi connectivity index (χ4v) is 4.43. The van der Waals surface area contributed by atoms with Gasteiger partial charge in [0.05, 0.1) is 63.6 Å². The van der Waals surface area contributed by atoms with Gasteiger partial charge in [0.15, 0.2) is 6.04 Å². The number of carbonyl (C=O) groups excluding carboxylic acids is 3. The highest BCUT2D eigenvalue weighted by Gasteiger charge is 2.50. The number of amides is 3. The molecule has 2 aliphatic heterocycles. The molecule has 0 aliphatic carbocycles. The summed E-state index contributed by atoms with van der Waals surface area (Å²) in [6.45, 7) is 3.60. The zero-order valence-electron chi connectivity index (χ0n) is 20.5. The molecule has 4 N–H and O–H groups in total. The van der Waals surface area contributed by atoms with E-state index < -0.39 is 28.4 Å². The first-order valence-electron chi connectivity index (χ1n) is 12.2. The number of ether oxygens (including phenoxy) is 3. The van der Waals surface area contributed by atoms with Crippen molar-refractivity contribution in [3.8, 4) is 0 Å². The Bertz CT molecular complexity index is 1120. The first-order chi connectivity index (χ1) is 17.9. The molecule has 0 spiro atoms. The van der Waals surface area contributed by atoms with Crippen molar-refractivity contribution < 1.29 is 33.2 Å². The Balaban J connectivity index is 1.11. The van der Waals surface area contributed by atoms with E-state index in [1.54, 1.807) is 35.3 Å². The lowest BCUT2D eigenvalue weighted by Crippen LogP contribution is -2.60. The topological polar surface area (TPSA) is 170 Å². The highest BCUT2D eigenvalue weighted by Crippen LogP contribution is 2.37. The first-order valence-corrected chi connectivity index (χ1v) is 12.2. The molecule has 1 fully saturated rings. The highest BCUT2D eigenvalue weighted by atomic mass is 16.6. The highest BCUT2D eigenvalue weighted by molar-refractivity contribution is 6.02. The van der Waals surface area contributed by atoms with Crippen molar-refractivity contribution in [1.29, 1.82) is 0 Å². The van der Waals surface area contributed by atoms with Gasteiger partial charge in [0.2, 0.25) is 5.91 Å². The van der Waals surface area contributed by atoms with Crippen LogP contribution in [0.4, 0.5) is 11.4 Å². The van der Waals surface area contributed by atoms with Crippen molar-refractivity contribution >= 4 is 29.1 Å². The van der Waals surface area contributed by atoms with Crippen LogP contribution < -0.4 is 16.4 Å². The van der Waals surface area contributed by atoms with Crippen LogP contribution in [0.15, 0.2) is 30.6 Å². The molecule has 2 aromatic rings. The van der Waals surface area contributed by atoms with Crippen LogP contribution in [-0.4, -0.2) is 84.4 Å². The second-order valence-electron chi connectivity index (χ2n) is 8.86. The lowest BCUT2D eigenvalue weighted by atomic mass is 10.0. The molecule has 200 valence electrons. The number of fused-ring (bicyclic) bond motifs is 1. The number of nitrogens with two attached hydrogens (primary N) is 1. The number of benzene rings is 1. The Labute approximate surface area is 214 Å². The molecule has 37 heavy (non-hydrogen) atoms. The number of hydroxylamine groups is 3. The summed E-state index contributed by atoms with van der Waals surface area (Å²) < 4.78 is 17.0. The molecule has 3 amide bonds. The van der Waals surface area contributed by atoms with Gasteiger partial charge in [-0.05, 0) is 12.1 Å². The Hall–Kier alpha value is -3.36. The van der Waals surface area contributed by atoms with Crippen LogP contribution in [0.25, 0.3) is 0 Å². The second kappa shape index (κ2) is 12.3. The van der Waals surface area contributed by atoms with Gasteiger partial charge in [-0.15, -0.1) is 0 Å². The molecule has 2 aliphatic rings. The molecule has 1 aromatic heterocycles. The maximum atomic E-state index is 13.5. The average molecular weight is 517 g/mol. The van der Waals surface area contributed by atoms with Gasteiger partial charge in [0.1, 0.15) is 6.54 Å². The standard InChI is InChI=1S/C24H32N6O7/c25-17-14-27-29(15-17)7-9-36-11-13-37-12-10-35-8-6-26-20-3-1-2-18-19(20)16-30(34,24(18)33)21-4-5-22(31)28-23(21)32/h1-3,14-15,21,26H,4-13,16,25H2,(H,28,31,32). The monoisotopic (exact) mass is 516 g/mol. The van der Waals surface area contributed by atoms with Crippen molar-refractivity contribution in [2.75, 3.05) is 57.2 Å². The van der Waals surface area contributed by atoms with E-state index in [0.29, 0.717) is 75.2 Å². The number of quaternary nitrogens is 1. The lowest BCUT2D eigenvalue weighted by Gasteiger charge is -2.42. The molecule has 1 saturated heterocycles. The van der Waals surface area contributed by atoms with E-state index in [1.807, 2.05) is 0 Å². The first kappa shape index (κ1) is 26.7. The van der Waals surface area contributed by atoms with E-state index in [4.69, 9.17) is 19.9 Å². The van der Waals surface area contributed by atoms with Crippen LogP contribution >= 0.6 is 0 Å². The number of nitrogen functional groups attached to an aromatic ring is 1. The maximum absolute atomic E-state index is 13.5. The summed E-state index contributed by atoms with van der Waals surface area (Å²) in [6.07, 6.45) is 3.43. The van der Waals surface area contributed by atoms with Crippen molar-refractivity contribution in [1.82, 2.24) is 15.1 Å². The fraction of sp³-hybridized carbons (Fsp3) is 0.500. The molecule has 2 unspecified atom stereocenters. The summed E-state index contributed by atoms with van der Waals surface area (Å²) >= 11 is 0. The van der Waals surface area contributed by atoms with Crippen molar-refractivity contribution in [2.24, 2.45) is 0 Å². The van der Waals surface area contributed by atoms with Crippen LogP contribution in [0.1, 0.15) is 28.8 Å². The molecule has 0 bridgehead atoms.